The molecule has 1 aliphatic heterocycles. The second-order valence-corrected chi connectivity index (χ2v) is 8.10. The number of hydrogen-bond donors (Lipinski definition) is 0. The molecule has 0 bridgehead atoms. The first-order valence-electron chi connectivity index (χ1n) is 7.19. The van der Waals surface area contributed by atoms with Crippen molar-refractivity contribution in [3.8, 4) is 0 Å². The number of rotatable bonds is 3. The van der Waals surface area contributed by atoms with Gasteiger partial charge >= 0.3 is 0 Å². The lowest BCUT2D eigenvalue weighted by atomic mass is 10.1. The molecule has 2 aromatic rings. The summed E-state index contributed by atoms with van der Waals surface area (Å²) in [4.78, 5) is 36.7. The summed E-state index contributed by atoms with van der Waals surface area (Å²) in [5.74, 6) is -1.21. The van der Waals surface area contributed by atoms with Gasteiger partial charge in [-0.25, -0.2) is 4.90 Å². The van der Waals surface area contributed by atoms with Crippen LogP contribution >= 0.6 is 46.6 Å². The zero-order valence-corrected chi connectivity index (χ0v) is 16.7. The number of thioether (sulfide) groups is 1. The van der Waals surface area contributed by atoms with Crippen LogP contribution in [0.25, 0.3) is 6.08 Å². The monoisotopic (exact) mass is 496 g/mol. The van der Waals surface area contributed by atoms with Crippen LogP contribution in [0.15, 0.2) is 53.4 Å². The number of non-ortho nitro benzene ring substituents is 1. The van der Waals surface area contributed by atoms with Gasteiger partial charge in [-0.2, -0.15) is 0 Å². The second-order valence-electron chi connectivity index (χ2n) is 5.18. The molecule has 2 aromatic carbocycles. The number of halogens is 1. The van der Waals surface area contributed by atoms with Gasteiger partial charge < -0.3 is 0 Å². The third-order valence-corrected chi connectivity index (χ3v) is 5.49. The maximum absolute atomic E-state index is 12.6. The Kier molecular flexibility index (Phi) is 5.49. The zero-order chi connectivity index (χ0) is 18.8. The van der Waals surface area contributed by atoms with Crippen LogP contribution in [0.3, 0.4) is 0 Å². The highest BCUT2D eigenvalue weighted by Gasteiger charge is 2.37. The van der Waals surface area contributed by atoms with Crippen molar-refractivity contribution in [2.24, 2.45) is 0 Å². The van der Waals surface area contributed by atoms with E-state index in [1.54, 1.807) is 6.08 Å². The van der Waals surface area contributed by atoms with Gasteiger partial charge in [-0.05, 0) is 52.4 Å². The van der Waals surface area contributed by atoms with Gasteiger partial charge in [0.15, 0.2) is 4.32 Å². The van der Waals surface area contributed by atoms with E-state index in [1.807, 2.05) is 24.3 Å². The summed E-state index contributed by atoms with van der Waals surface area (Å²) in [6, 6.07) is 12.7. The molecule has 6 nitrogen and oxygen atoms in total. The Balaban J connectivity index is 1.89. The van der Waals surface area contributed by atoms with Crippen LogP contribution in [-0.4, -0.2) is 26.0 Å². The van der Waals surface area contributed by atoms with Crippen molar-refractivity contribution in [3.05, 3.63) is 78.2 Å². The van der Waals surface area contributed by atoms with Crippen molar-refractivity contribution in [3.63, 3.8) is 0 Å². The Labute approximate surface area is 171 Å². The lowest BCUT2D eigenvalue weighted by Crippen LogP contribution is -2.34. The number of thiocarbonyl (C=S) groups is 1. The minimum absolute atomic E-state index is 0.0333. The number of nitrogens with zero attached hydrogens (tertiary/aromatic N) is 2. The first-order valence-corrected chi connectivity index (χ1v) is 9.49. The number of nitro benzene ring substituents is 1. The van der Waals surface area contributed by atoms with E-state index in [0.717, 1.165) is 31.9 Å². The van der Waals surface area contributed by atoms with Crippen LogP contribution in [0.4, 0.5) is 5.69 Å². The molecule has 1 heterocycles. The molecular weight excluding hydrogens is 487 g/mol. The number of nitro groups is 1. The molecule has 0 aromatic heterocycles. The predicted molar refractivity (Wildman–Crippen MR) is 112 cm³/mol. The Bertz CT molecular complexity index is 973. The Hall–Kier alpha value is -2.11. The van der Waals surface area contributed by atoms with Gasteiger partial charge in [0.25, 0.3) is 17.5 Å². The Morgan fingerprint density at radius 3 is 2.58 bits per heavy atom. The lowest BCUT2D eigenvalue weighted by molar-refractivity contribution is -0.384. The fourth-order valence-corrected chi connectivity index (χ4v) is 3.85. The molecule has 1 saturated heterocycles. The van der Waals surface area contributed by atoms with E-state index in [9.17, 15) is 19.7 Å². The van der Waals surface area contributed by atoms with Crippen LogP contribution in [0.1, 0.15) is 15.9 Å². The Morgan fingerprint density at radius 2 is 1.92 bits per heavy atom. The third-order valence-electron chi connectivity index (χ3n) is 3.47. The van der Waals surface area contributed by atoms with Crippen LogP contribution in [-0.2, 0) is 4.79 Å². The smallest absolute Gasteiger partial charge is 0.268 e. The molecular formula is C17H9IN2O4S2. The summed E-state index contributed by atoms with van der Waals surface area (Å²) in [5.41, 5.74) is 0.621. The van der Waals surface area contributed by atoms with Crippen LogP contribution in [0.5, 0.6) is 0 Å². The van der Waals surface area contributed by atoms with Crippen LogP contribution in [0.2, 0.25) is 0 Å². The molecule has 0 saturated carbocycles. The third kappa shape index (κ3) is 3.84. The molecule has 0 unspecified atom stereocenters. The minimum atomic E-state index is -0.679. The van der Waals surface area contributed by atoms with Gasteiger partial charge in [0, 0.05) is 21.3 Å². The quantitative estimate of drug-likeness (QED) is 0.158. The molecule has 0 N–H and O–H groups in total. The Morgan fingerprint density at radius 1 is 1.23 bits per heavy atom. The van der Waals surface area contributed by atoms with Gasteiger partial charge in [0.05, 0.1) is 9.83 Å². The number of amides is 2. The van der Waals surface area contributed by atoms with Gasteiger partial charge in [-0.3, -0.25) is 19.7 Å². The van der Waals surface area contributed by atoms with Gasteiger partial charge in [-0.1, -0.05) is 42.2 Å². The normalized spacial score (nSPS) is 15.6. The van der Waals surface area contributed by atoms with Gasteiger partial charge in [0.2, 0.25) is 0 Å². The van der Waals surface area contributed by atoms with Crippen molar-refractivity contribution in [1.29, 1.82) is 0 Å². The van der Waals surface area contributed by atoms with Gasteiger partial charge in [-0.15, -0.1) is 0 Å². The molecule has 1 fully saturated rings. The maximum atomic E-state index is 12.6. The standard InChI is InChI=1S/C17H9IN2O4S2/c18-12-6-4-10(5-7-12)8-14-16(22)19(17(25)26-14)15(21)11-2-1-3-13(9-11)20(23)24/h1-9H. The number of carbonyl (C=O) groups is 2. The molecule has 26 heavy (non-hydrogen) atoms. The minimum Gasteiger partial charge on any atom is -0.268 e. The first kappa shape index (κ1) is 18.7. The maximum Gasteiger partial charge on any atom is 0.273 e. The molecule has 3 rings (SSSR count). The number of hydrogen-bond acceptors (Lipinski definition) is 6. The molecule has 1 aliphatic rings. The number of benzene rings is 2. The van der Waals surface area contributed by atoms with E-state index in [1.165, 1.54) is 18.2 Å². The van der Waals surface area contributed by atoms with E-state index in [4.69, 9.17) is 12.2 Å². The van der Waals surface area contributed by atoms with Crippen LogP contribution < -0.4 is 0 Å². The largest absolute Gasteiger partial charge is 0.273 e. The van der Waals surface area contributed by atoms with E-state index in [-0.39, 0.29) is 15.6 Å². The molecule has 0 spiro atoms. The molecule has 0 atom stereocenters. The molecule has 0 radical (unpaired) electrons. The predicted octanol–water partition coefficient (Wildman–Crippen LogP) is 4.24. The summed E-state index contributed by atoms with van der Waals surface area (Å²) >= 11 is 8.37. The van der Waals surface area contributed by atoms with Crippen molar-refractivity contribution < 1.29 is 14.5 Å². The number of imide groups is 1. The summed E-state index contributed by atoms with van der Waals surface area (Å²) in [7, 11) is 0. The molecule has 130 valence electrons. The lowest BCUT2D eigenvalue weighted by Gasteiger charge is -2.12. The number of carbonyl (C=O) groups excluding carboxylic acids is 2. The van der Waals surface area contributed by atoms with E-state index in [2.05, 4.69) is 22.6 Å². The average molecular weight is 496 g/mol. The highest BCUT2D eigenvalue weighted by atomic mass is 127. The first-order chi connectivity index (χ1) is 12.4. The summed E-state index contributed by atoms with van der Waals surface area (Å²) in [6.45, 7) is 0. The van der Waals surface area contributed by atoms with E-state index < -0.39 is 16.7 Å². The summed E-state index contributed by atoms with van der Waals surface area (Å²) in [5, 5.41) is 10.9. The average Bonchev–Trinajstić information content (AvgIpc) is 2.90. The van der Waals surface area contributed by atoms with Crippen molar-refractivity contribution in [1.82, 2.24) is 4.90 Å². The summed E-state index contributed by atoms with van der Waals surface area (Å²) < 4.78 is 1.16. The molecule has 0 aliphatic carbocycles. The van der Waals surface area contributed by atoms with Crippen molar-refractivity contribution in [2.75, 3.05) is 0 Å². The molecule has 9 heteroatoms. The second kappa shape index (κ2) is 7.64. The topological polar surface area (TPSA) is 80.5 Å². The highest BCUT2D eigenvalue weighted by Crippen LogP contribution is 2.34. The SMILES string of the molecule is O=C1C(=Cc2ccc(I)cc2)SC(=S)N1C(=O)c1cccc([N+](=O)[O-])c1. The zero-order valence-electron chi connectivity index (χ0n) is 12.9. The highest BCUT2D eigenvalue weighted by molar-refractivity contribution is 14.1. The van der Waals surface area contributed by atoms with E-state index >= 15 is 0 Å². The fourth-order valence-electron chi connectivity index (χ4n) is 2.23. The van der Waals surface area contributed by atoms with Gasteiger partial charge in [0.1, 0.15) is 0 Å². The molecule has 2 amide bonds. The van der Waals surface area contributed by atoms with Crippen LogP contribution in [0, 0.1) is 13.7 Å². The van der Waals surface area contributed by atoms with Crippen molar-refractivity contribution in [2.45, 2.75) is 0 Å². The van der Waals surface area contributed by atoms with Crippen molar-refractivity contribution >= 4 is 74.5 Å². The van der Waals surface area contributed by atoms with E-state index in [0.29, 0.717) is 4.91 Å². The fraction of sp³-hybridized carbons (Fsp3) is 0. The summed E-state index contributed by atoms with van der Waals surface area (Å²) in [6.07, 6.45) is 1.66.